The third-order valence-corrected chi connectivity index (χ3v) is 8.61. The maximum absolute atomic E-state index is 12.7. The molecule has 0 saturated carbocycles. The molecule has 1 atom stereocenters. The van der Waals surface area contributed by atoms with Gasteiger partial charge in [0.2, 0.25) is 15.9 Å². The van der Waals surface area contributed by atoms with E-state index < -0.39 is 31.8 Å². The lowest BCUT2D eigenvalue weighted by Crippen LogP contribution is -2.44. The number of amides is 1. The van der Waals surface area contributed by atoms with Crippen LogP contribution in [0.25, 0.3) is 0 Å². The van der Waals surface area contributed by atoms with Crippen molar-refractivity contribution in [3.05, 3.63) is 28.2 Å². The van der Waals surface area contributed by atoms with Crippen LogP contribution in [0.5, 0.6) is 0 Å². The number of benzene rings is 1. The summed E-state index contributed by atoms with van der Waals surface area (Å²) in [7, 11) is -6.91. The van der Waals surface area contributed by atoms with Gasteiger partial charge in [0.1, 0.15) is 0 Å². The Kier molecular flexibility index (Phi) is 6.29. The lowest BCUT2D eigenvalue weighted by atomic mass is 10.2. The highest BCUT2D eigenvalue weighted by molar-refractivity contribution is 9.10. The normalized spacial score (nSPS) is 19.9. The Bertz CT molecular complexity index is 868. The summed E-state index contributed by atoms with van der Waals surface area (Å²) >= 11 is 3.33. The highest BCUT2D eigenvalue weighted by Gasteiger charge is 2.31. The summed E-state index contributed by atoms with van der Waals surface area (Å²) in [6.45, 7) is 3.22. The quantitative estimate of drug-likeness (QED) is 0.695. The number of sulfonamides is 1. The van der Waals surface area contributed by atoms with Crippen molar-refractivity contribution in [3.8, 4) is 0 Å². The van der Waals surface area contributed by atoms with Crippen molar-refractivity contribution in [1.82, 2.24) is 9.62 Å². The predicted octanol–water partition coefficient (Wildman–Crippen LogP) is 1.07. The highest BCUT2D eigenvalue weighted by atomic mass is 79.9. The minimum Gasteiger partial charge on any atom is -0.351 e. The van der Waals surface area contributed by atoms with E-state index in [9.17, 15) is 21.6 Å². The van der Waals surface area contributed by atoms with E-state index in [-0.39, 0.29) is 29.5 Å². The molecule has 1 N–H and O–H groups in total. The minimum absolute atomic E-state index is 0.0475. The molecule has 25 heavy (non-hydrogen) atoms. The van der Waals surface area contributed by atoms with Gasteiger partial charge in [0.15, 0.2) is 9.84 Å². The zero-order valence-electron chi connectivity index (χ0n) is 14.0. The lowest BCUT2D eigenvalue weighted by molar-refractivity contribution is -0.121. The van der Waals surface area contributed by atoms with E-state index in [1.54, 1.807) is 26.0 Å². The monoisotopic (exact) mass is 452 g/mol. The van der Waals surface area contributed by atoms with Crippen LogP contribution in [-0.4, -0.2) is 57.7 Å². The lowest BCUT2D eigenvalue weighted by Gasteiger charge is -2.21. The molecule has 1 aliphatic heterocycles. The third kappa shape index (κ3) is 5.02. The van der Waals surface area contributed by atoms with Crippen molar-refractivity contribution in [2.24, 2.45) is 0 Å². The summed E-state index contributed by atoms with van der Waals surface area (Å²) in [5.74, 6) is -0.545. The maximum Gasteiger partial charge on any atom is 0.243 e. The number of halogens is 1. The summed E-state index contributed by atoms with van der Waals surface area (Å²) in [5, 5.41) is 2.61. The fourth-order valence-electron chi connectivity index (χ4n) is 2.64. The molecule has 140 valence electrons. The van der Waals surface area contributed by atoms with Gasteiger partial charge in [0.05, 0.1) is 22.9 Å². The van der Waals surface area contributed by atoms with Crippen molar-refractivity contribution in [2.75, 3.05) is 24.6 Å². The molecule has 1 aromatic rings. The molecule has 0 aromatic heterocycles. The number of aryl methyl sites for hydroxylation is 1. The van der Waals surface area contributed by atoms with Crippen LogP contribution in [0.1, 0.15) is 18.9 Å². The van der Waals surface area contributed by atoms with Crippen molar-refractivity contribution >= 4 is 41.7 Å². The molecule has 1 heterocycles. The van der Waals surface area contributed by atoms with Crippen LogP contribution in [0.15, 0.2) is 27.6 Å². The van der Waals surface area contributed by atoms with E-state index in [4.69, 9.17) is 0 Å². The van der Waals surface area contributed by atoms with Gasteiger partial charge >= 0.3 is 0 Å². The Balaban J connectivity index is 2.10. The van der Waals surface area contributed by atoms with Crippen molar-refractivity contribution in [1.29, 1.82) is 0 Å². The van der Waals surface area contributed by atoms with Gasteiger partial charge in [-0.25, -0.2) is 16.8 Å². The van der Waals surface area contributed by atoms with Crippen LogP contribution in [-0.2, 0) is 24.7 Å². The molecular formula is C15H21BrN2O5S2. The predicted molar refractivity (Wildman–Crippen MR) is 98.5 cm³/mol. The molecule has 2 rings (SSSR count). The van der Waals surface area contributed by atoms with Gasteiger partial charge in [-0.3, -0.25) is 4.79 Å². The van der Waals surface area contributed by atoms with E-state index in [2.05, 4.69) is 21.2 Å². The number of likely N-dealkylation sites (N-methyl/N-ethyl adjacent to an activating group) is 1. The average Bonchev–Trinajstić information content (AvgIpc) is 2.85. The van der Waals surface area contributed by atoms with Crippen LogP contribution in [0, 0.1) is 6.92 Å². The van der Waals surface area contributed by atoms with E-state index in [1.165, 1.54) is 6.07 Å². The van der Waals surface area contributed by atoms with Crippen LogP contribution in [0.2, 0.25) is 0 Å². The summed E-state index contributed by atoms with van der Waals surface area (Å²) in [5.41, 5.74) is 0.776. The molecule has 1 unspecified atom stereocenters. The zero-order chi connectivity index (χ0) is 18.8. The fourth-order valence-corrected chi connectivity index (χ4v) is 6.05. The van der Waals surface area contributed by atoms with Crippen molar-refractivity contribution < 1.29 is 21.6 Å². The van der Waals surface area contributed by atoms with Gasteiger partial charge in [0.25, 0.3) is 0 Å². The third-order valence-electron chi connectivity index (χ3n) is 4.04. The Morgan fingerprint density at radius 3 is 2.60 bits per heavy atom. The standard InChI is InChI=1S/C15H21BrN2O5S2/c1-3-18(9-15(19)17-12-6-7-24(20,21)10-12)25(22,23)13-4-5-14(16)11(2)8-13/h4-5,8,12H,3,6-7,9-10H2,1-2H3,(H,17,19). The number of nitrogens with one attached hydrogen (secondary N) is 1. The summed E-state index contributed by atoms with van der Waals surface area (Å²) in [6, 6.07) is 4.23. The second kappa shape index (κ2) is 7.73. The van der Waals surface area contributed by atoms with Gasteiger partial charge < -0.3 is 5.32 Å². The minimum atomic E-state index is -3.81. The highest BCUT2D eigenvalue weighted by Crippen LogP contribution is 2.22. The maximum atomic E-state index is 12.7. The second-order valence-corrected chi connectivity index (χ2v) is 11.0. The number of nitrogens with zero attached hydrogens (tertiary/aromatic N) is 1. The van der Waals surface area contributed by atoms with Gasteiger partial charge in [-0.15, -0.1) is 0 Å². The van der Waals surface area contributed by atoms with Gasteiger partial charge in [-0.1, -0.05) is 22.9 Å². The largest absolute Gasteiger partial charge is 0.351 e. The number of carbonyl (C=O) groups excluding carboxylic acids is 1. The Morgan fingerprint density at radius 1 is 1.40 bits per heavy atom. The molecule has 0 radical (unpaired) electrons. The molecule has 7 nitrogen and oxygen atoms in total. The first kappa shape index (κ1) is 20.3. The first-order valence-corrected chi connectivity index (χ1v) is 11.9. The molecule has 1 aliphatic rings. The number of carbonyl (C=O) groups is 1. The second-order valence-electron chi connectivity index (χ2n) is 6.01. The molecule has 1 fully saturated rings. The Morgan fingerprint density at radius 2 is 2.08 bits per heavy atom. The molecule has 1 aromatic carbocycles. The van der Waals surface area contributed by atoms with Gasteiger partial charge in [-0.05, 0) is 37.1 Å². The van der Waals surface area contributed by atoms with Crippen molar-refractivity contribution in [3.63, 3.8) is 0 Å². The van der Waals surface area contributed by atoms with Crippen LogP contribution >= 0.6 is 15.9 Å². The first-order chi connectivity index (χ1) is 11.5. The van der Waals surface area contributed by atoms with Crippen LogP contribution in [0.4, 0.5) is 0 Å². The van der Waals surface area contributed by atoms with Crippen molar-refractivity contribution in [2.45, 2.75) is 31.2 Å². The van der Waals surface area contributed by atoms with Crippen LogP contribution in [0.3, 0.4) is 0 Å². The molecule has 10 heteroatoms. The molecule has 0 bridgehead atoms. The Labute approximate surface area is 156 Å². The number of hydrogen-bond acceptors (Lipinski definition) is 5. The average molecular weight is 453 g/mol. The smallest absolute Gasteiger partial charge is 0.243 e. The molecule has 0 spiro atoms. The van der Waals surface area contributed by atoms with E-state index in [0.29, 0.717) is 6.42 Å². The van der Waals surface area contributed by atoms with E-state index in [0.717, 1.165) is 14.3 Å². The van der Waals surface area contributed by atoms with Crippen LogP contribution < -0.4 is 5.32 Å². The SMILES string of the molecule is CCN(CC(=O)NC1CCS(=O)(=O)C1)S(=O)(=O)c1ccc(Br)c(C)c1. The van der Waals surface area contributed by atoms with Gasteiger partial charge in [-0.2, -0.15) is 4.31 Å². The summed E-state index contributed by atoms with van der Waals surface area (Å²) in [6.07, 6.45) is 0.360. The zero-order valence-corrected chi connectivity index (χ0v) is 17.2. The Hall–Kier alpha value is -0.970. The molecular weight excluding hydrogens is 432 g/mol. The van der Waals surface area contributed by atoms with Gasteiger partial charge in [0, 0.05) is 17.1 Å². The molecule has 0 aliphatic carbocycles. The molecule has 1 saturated heterocycles. The topological polar surface area (TPSA) is 101 Å². The number of hydrogen-bond donors (Lipinski definition) is 1. The van der Waals surface area contributed by atoms with E-state index >= 15 is 0 Å². The summed E-state index contributed by atoms with van der Waals surface area (Å²) < 4.78 is 50.2. The fraction of sp³-hybridized carbons (Fsp3) is 0.533. The number of sulfone groups is 1. The van der Waals surface area contributed by atoms with E-state index in [1.807, 2.05) is 0 Å². The molecule has 1 amide bonds. The summed E-state index contributed by atoms with van der Waals surface area (Å²) in [4.78, 5) is 12.3. The first-order valence-electron chi connectivity index (χ1n) is 7.81. The number of rotatable bonds is 6.